The van der Waals surface area contributed by atoms with Crippen LogP contribution in [0.1, 0.15) is 37.8 Å². The van der Waals surface area contributed by atoms with Crippen LogP contribution in [0.4, 0.5) is 0 Å². The smallest absolute Gasteiger partial charge is 0.222 e. The van der Waals surface area contributed by atoms with Gasteiger partial charge in [0.05, 0.1) is 11.6 Å². The molecule has 1 rings (SSSR count). The van der Waals surface area contributed by atoms with E-state index in [0.717, 1.165) is 18.5 Å². The maximum absolute atomic E-state index is 12.5. The first-order chi connectivity index (χ1) is 10.4. The SMILES string of the molecule is CC(C)CCC(=O)N(CCN(C)C)Cc1cccc(C#N)c1. The molecule has 0 fully saturated rings. The first-order valence-corrected chi connectivity index (χ1v) is 7.84. The van der Waals surface area contributed by atoms with Gasteiger partial charge in [-0.2, -0.15) is 5.26 Å². The molecule has 0 saturated carbocycles. The Hall–Kier alpha value is -1.86. The molecule has 0 radical (unpaired) electrons. The third kappa shape index (κ3) is 6.73. The second-order valence-corrected chi connectivity index (χ2v) is 6.36. The lowest BCUT2D eigenvalue weighted by Crippen LogP contribution is -2.36. The van der Waals surface area contributed by atoms with Crippen molar-refractivity contribution in [2.75, 3.05) is 27.2 Å². The summed E-state index contributed by atoms with van der Waals surface area (Å²) in [4.78, 5) is 16.4. The highest BCUT2D eigenvalue weighted by atomic mass is 16.2. The Morgan fingerprint density at radius 3 is 2.59 bits per heavy atom. The minimum absolute atomic E-state index is 0.193. The van der Waals surface area contributed by atoms with Gasteiger partial charge < -0.3 is 9.80 Å². The summed E-state index contributed by atoms with van der Waals surface area (Å²) in [7, 11) is 4.01. The predicted molar refractivity (Wildman–Crippen MR) is 89.2 cm³/mol. The molecule has 120 valence electrons. The van der Waals surface area contributed by atoms with E-state index in [4.69, 9.17) is 5.26 Å². The van der Waals surface area contributed by atoms with Crippen molar-refractivity contribution in [2.45, 2.75) is 33.2 Å². The lowest BCUT2D eigenvalue weighted by atomic mass is 10.1. The number of amides is 1. The second-order valence-electron chi connectivity index (χ2n) is 6.36. The fourth-order valence-corrected chi connectivity index (χ4v) is 2.14. The summed E-state index contributed by atoms with van der Waals surface area (Å²) >= 11 is 0. The molecule has 0 bridgehead atoms. The van der Waals surface area contributed by atoms with E-state index in [-0.39, 0.29) is 5.91 Å². The van der Waals surface area contributed by atoms with Crippen molar-refractivity contribution in [3.8, 4) is 6.07 Å². The van der Waals surface area contributed by atoms with Crippen LogP contribution < -0.4 is 0 Å². The minimum atomic E-state index is 0.193. The molecule has 0 saturated heterocycles. The molecule has 0 N–H and O–H groups in total. The molecule has 0 aliphatic heterocycles. The van der Waals surface area contributed by atoms with E-state index < -0.39 is 0 Å². The van der Waals surface area contributed by atoms with Crippen LogP contribution in [0.25, 0.3) is 0 Å². The molecular formula is C18H27N3O. The Morgan fingerprint density at radius 2 is 2.00 bits per heavy atom. The highest BCUT2D eigenvalue weighted by Crippen LogP contribution is 2.12. The van der Waals surface area contributed by atoms with E-state index in [1.165, 1.54) is 0 Å². The average Bonchev–Trinajstić information content (AvgIpc) is 2.49. The Kier molecular flexibility index (Phi) is 7.62. The van der Waals surface area contributed by atoms with Crippen molar-refractivity contribution in [3.05, 3.63) is 35.4 Å². The first-order valence-electron chi connectivity index (χ1n) is 7.84. The van der Waals surface area contributed by atoms with E-state index in [9.17, 15) is 4.79 Å². The van der Waals surface area contributed by atoms with Gasteiger partial charge in [0.1, 0.15) is 0 Å². The number of nitrogens with zero attached hydrogens (tertiary/aromatic N) is 3. The van der Waals surface area contributed by atoms with Crippen molar-refractivity contribution in [3.63, 3.8) is 0 Å². The average molecular weight is 301 g/mol. The molecule has 0 unspecified atom stereocenters. The largest absolute Gasteiger partial charge is 0.337 e. The van der Waals surface area contributed by atoms with E-state index >= 15 is 0 Å². The summed E-state index contributed by atoms with van der Waals surface area (Å²) in [5, 5.41) is 8.99. The van der Waals surface area contributed by atoms with Gasteiger partial charge in [-0.05, 0) is 44.1 Å². The zero-order valence-corrected chi connectivity index (χ0v) is 14.2. The summed E-state index contributed by atoms with van der Waals surface area (Å²) < 4.78 is 0. The van der Waals surface area contributed by atoms with E-state index in [2.05, 4.69) is 24.8 Å². The maximum Gasteiger partial charge on any atom is 0.222 e. The molecule has 0 heterocycles. The third-order valence-electron chi connectivity index (χ3n) is 3.53. The number of carbonyl (C=O) groups excluding carboxylic acids is 1. The molecule has 1 aromatic rings. The van der Waals surface area contributed by atoms with E-state index in [1.54, 1.807) is 6.07 Å². The Labute approximate surface area is 134 Å². The number of hydrogen-bond donors (Lipinski definition) is 0. The number of carbonyl (C=O) groups is 1. The molecule has 0 spiro atoms. The van der Waals surface area contributed by atoms with Crippen molar-refractivity contribution in [2.24, 2.45) is 5.92 Å². The monoisotopic (exact) mass is 301 g/mol. The zero-order chi connectivity index (χ0) is 16.5. The Balaban J connectivity index is 2.75. The van der Waals surface area contributed by atoms with Crippen molar-refractivity contribution >= 4 is 5.91 Å². The molecule has 1 amide bonds. The van der Waals surface area contributed by atoms with Crippen molar-refractivity contribution in [1.29, 1.82) is 5.26 Å². The number of rotatable bonds is 8. The second kappa shape index (κ2) is 9.22. The van der Waals surface area contributed by atoms with Gasteiger partial charge in [0.2, 0.25) is 5.91 Å². The van der Waals surface area contributed by atoms with E-state index in [0.29, 0.717) is 31.0 Å². The van der Waals surface area contributed by atoms with Crippen LogP contribution in [0.15, 0.2) is 24.3 Å². The summed E-state index contributed by atoms with van der Waals surface area (Å²) in [5.74, 6) is 0.722. The Morgan fingerprint density at radius 1 is 1.27 bits per heavy atom. The van der Waals surface area contributed by atoms with Crippen molar-refractivity contribution < 1.29 is 4.79 Å². The molecular weight excluding hydrogens is 274 g/mol. The highest BCUT2D eigenvalue weighted by molar-refractivity contribution is 5.76. The fourth-order valence-electron chi connectivity index (χ4n) is 2.14. The van der Waals surface area contributed by atoms with Gasteiger partial charge in [-0.25, -0.2) is 0 Å². The van der Waals surface area contributed by atoms with Crippen LogP contribution in [0.5, 0.6) is 0 Å². The third-order valence-corrected chi connectivity index (χ3v) is 3.53. The van der Waals surface area contributed by atoms with E-state index in [1.807, 2.05) is 37.2 Å². The van der Waals surface area contributed by atoms with Crippen LogP contribution in [-0.2, 0) is 11.3 Å². The first kappa shape index (κ1) is 18.2. The van der Waals surface area contributed by atoms with Gasteiger partial charge in [-0.1, -0.05) is 26.0 Å². The minimum Gasteiger partial charge on any atom is -0.337 e. The highest BCUT2D eigenvalue weighted by Gasteiger charge is 2.15. The summed E-state index contributed by atoms with van der Waals surface area (Å²) in [6.45, 7) is 6.38. The predicted octanol–water partition coefficient (Wildman–Crippen LogP) is 2.88. The quantitative estimate of drug-likeness (QED) is 0.742. The summed E-state index contributed by atoms with van der Waals surface area (Å²) in [5.41, 5.74) is 1.65. The standard InChI is InChI=1S/C18H27N3O/c1-15(2)8-9-18(22)21(11-10-20(3)4)14-17-7-5-6-16(12-17)13-19/h5-7,12,15H,8-11,14H2,1-4H3. The fraction of sp³-hybridized carbons (Fsp3) is 0.556. The molecule has 4 heteroatoms. The van der Waals surface area contributed by atoms with Crippen molar-refractivity contribution in [1.82, 2.24) is 9.80 Å². The Bertz CT molecular complexity index is 517. The molecule has 0 aromatic heterocycles. The molecule has 4 nitrogen and oxygen atoms in total. The molecule has 0 atom stereocenters. The van der Waals surface area contributed by atoms with Crippen LogP contribution in [0, 0.1) is 17.2 Å². The maximum atomic E-state index is 12.5. The summed E-state index contributed by atoms with van der Waals surface area (Å²) in [6.07, 6.45) is 1.50. The molecule has 0 aliphatic carbocycles. The molecule has 1 aromatic carbocycles. The zero-order valence-electron chi connectivity index (χ0n) is 14.2. The number of hydrogen-bond acceptors (Lipinski definition) is 3. The number of likely N-dealkylation sites (N-methyl/N-ethyl adjacent to an activating group) is 1. The molecule has 22 heavy (non-hydrogen) atoms. The van der Waals surface area contributed by atoms with Gasteiger partial charge >= 0.3 is 0 Å². The van der Waals surface area contributed by atoms with Crippen LogP contribution in [0.3, 0.4) is 0 Å². The molecule has 0 aliphatic rings. The lowest BCUT2D eigenvalue weighted by Gasteiger charge is -2.25. The van der Waals surface area contributed by atoms with Gasteiger partial charge in [0, 0.05) is 26.1 Å². The summed E-state index contributed by atoms with van der Waals surface area (Å²) in [6, 6.07) is 9.64. The lowest BCUT2D eigenvalue weighted by molar-refractivity contribution is -0.132. The van der Waals surface area contributed by atoms with Gasteiger partial charge in [-0.15, -0.1) is 0 Å². The van der Waals surface area contributed by atoms with Gasteiger partial charge in [-0.3, -0.25) is 4.79 Å². The number of benzene rings is 1. The van der Waals surface area contributed by atoms with Crippen LogP contribution >= 0.6 is 0 Å². The number of nitriles is 1. The normalized spacial score (nSPS) is 10.8. The van der Waals surface area contributed by atoms with Gasteiger partial charge in [0.15, 0.2) is 0 Å². The van der Waals surface area contributed by atoms with Crippen LogP contribution in [0.2, 0.25) is 0 Å². The van der Waals surface area contributed by atoms with Crippen LogP contribution in [-0.4, -0.2) is 42.9 Å². The topological polar surface area (TPSA) is 47.3 Å². The van der Waals surface area contributed by atoms with Gasteiger partial charge in [0.25, 0.3) is 0 Å².